The zero-order valence-electron chi connectivity index (χ0n) is 11.1. The monoisotopic (exact) mass is 272 g/mol. The average Bonchev–Trinajstić information content (AvgIpc) is 2.47. The van der Waals surface area contributed by atoms with Gasteiger partial charge in [0.2, 0.25) is 5.91 Å². The summed E-state index contributed by atoms with van der Waals surface area (Å²) >= 11 is 0. The molecule has 0 aliphatic rings. The Kier molecular flexibility index (Phi) is 4.14. The van der Waals surface area contributed by atoms with E-state index >= 15 is 0 Å². The van der Waals surface area contributed by atoms with Crippen LogP contribution in [0.5, 0.6) is 0 Å². The van der Waals surface area contributed by atoms with Crippen LogP contribution >= 0.6 is 0 Å². The number of fused-ring (bicyclic) bond motifs is 1. The number of hydrogen-bond donors (Lipinski definition) is 3. The van der Waals surface area contributed by atoms with Crippen LogP contribution in [-0.4, -0.2) is 30.4 Å². The minimum absolute atomic E-state index is 0.120. The van der Waals surface area contributed by atoms with Crippen molar-refractivity contribution >= 4 is 28.4 Å². The molecule has 2 aromatic rings. The molecule has 0 atom stereocenters. The normalized spacial score (nSPS) is 10.2. The molecule has 0 saturated carbocycles. The topological polar surface area (TPSA) is 97.1 Å². The molecule has 0 spiro atoms. The molecule has 1 aromatic carbocycles. The maximum Gasteiger partial charge on any atom is 0.253 e. The van der Waals surface area contributed by atoms with Gasteiger partial charge in [0.15, 0.2) is 0 Å². The Morgan fingerprint density at radius 2 is 1.95 bits per heavy atom. The minimum Gasteiger partial charge on any atom is -0.383 e. The molecule has 0 unspecified atom stereocenters. The second-order valence-electron chi connectivity index (χ2n) is 4.28. The number of nitrogens with zero attached hydrogens (tertiary/aromatic N) is 1. The van der Waals surface area contributed by atoms with Crippen LogP contribution in [0.2, 0.25) is 0 Å². The van der Waals surface area contributed by atoms with Crippen LogP contribution in [0, 0.1) is 0 Å². The highest BCUT2D eigenvalue weighted by Gasteiger charge is 2.12. The smallest absolute Gasteiger partial charge is 0.253 e. The number of nitrogens with two attached hydrogens (primary N) is 1. The summed E-state index contributed by atoms with van der Waals surface area (Å²) in [5, 5.41) is 6.68. The van der Waals surface area contributed by atoms with E-state index in [1.54, 1.807) is 7.05 Å². The van der Waals surface area contributed by atoms with Crippen LogP contribution in [-0.2, 0) is 4.79 Å². The zero-order chi connectivity index (χ0) is 14.5. The van der Waals surface area contributed by atoms with Crippen molar-refractivity contribution in [3.8, 4) is 0 Å². The van der Waals surface area contributed by atoms with E-state index in [9.17, 15) is 9.59 Å². The van der Waals surface area contributed by atoms with Gasteiger partial charge in [-0.15, -0.1) is 0 Å². The maximum absolute atomic E-state index is 12.1. The lowest BCUT2D eigenvalue weighted by Crippen LogP contribution is -2.29. The minimum atomic E-state index is -0.266. The third-order valence-corrected chi connectivity index (χ3v) is 2.99. The van der Waals surface area contributed by atoms with Crippen LogP contribution in [0.4, 0.5) is 5.82 Å². The van der Waals surface area contributed by atoms with E-state index in [0.29, 0.717) is 11.4 Å². The number of rotatable bonds is 4. The van der Waals surface area contributed by atoms with Gasteiger partial charge in [0.25, 0.3) is 5.91 Å². The molecule has 4 N–H and O–H groups in total. The summed E-state index contributed by atoms with van der Waals surface area (Å²) in [6.45, 7) is 0.275. The number of nitrogen functional groups attached to an aromatic ring is 1. The average molecular weight is 272 g/mol. The van der Waals surface area contributed by atoms with Gasteiger partial charge in [-0.3, -0.25) is 9.59 Å². The van der Waals surface area contributed by atoms with Crippen molar-refractivity contribution < 1.29 is 9.59 Å². The number of carbonyl (C=O) groups is 2. The van der Waals surface area contributed by atoms with Crippen molar-refractivity contribution in [1.29, 1.82) is 0 Å². The van der Waals surface area contributed by atoms with E-state index in [-0.39, 0.29) is 24.8 Å². The second-order valence-corrected chi connectivity index (χ2v) is 4.28. The lowest BCUT2D eigenvalue weighted by Gasteiger charge is -2.08. The Balaban J connectivity index is 2.18. The van der Waals surface area contributed by atoms with Crippen LogP contribution in [0.25, 0.3) is 10.8 Å². The molecule has 2 rings (SSSR count). The number of benzene rings is 1. The first kappa shape index (κ1) is 13.8. The standard InChI is InChI=1S/C14H16N4O2/c1-16-12(19)6-7-17-14(20)11-8-18-13(15)10-5-3-2-4-9(10)11/h2-5,8H,6-7H2,1H3,(H2,15,18)(H,16,19)(H,17,20). The fourth-order valence-corrected chi connectivity index (χ4v) is 1.91. The summed E-state index contributed by atoms with van der Waals surface area (Å²) in [4.78, 5) is 27.2. The van der Waals surface area contributed by atoms with Gasteiger partial charge in [0.1, 0.15) is 5.82 Å². The molecular weight excluding hydrogens is 256 g/mol. The molecule has 20 heavy (non-hydrogen) atoms. The van der Waals surface area contributed by atoms with Crippen LogP contribution in [0.15, 0.2) is 30.5 Å². The highest BCUT2D eigenvalue weighted by Crippen LogP contribution is 2.22. The predicted octanol–water partition coefficient (Wildman–Crippen LogP) is 0.683. The SMILES string of the molecule is CNC(=O)CCNC(=O)c1cnc(N)c2ccccc12. The Morgan fingerprint density at radius 3 is 2.65 bits per heavy atom. The number of hydrogen-bond acceptors (Lipinski definition) is 4. The third-order valence-electron chi connectivity index (χ3n) is 2.99. The van der Waals surface area contributed by atoms with Crippen LogP contribution in [0.3, 0.4) is 0 Å². The van der Waals surface area contributed by atoms with Gasteiger partial charge >= 0.3 is 0 Å². The summed E-state index contributed by atoms with van der Waals surface area (Å²) in [6.07, 6.45) is 1.69. The summed E-state index contributed by atoms with van der Waals surface area (Å²) in [7, 11) is 1.56. The Labute approximate surface area is 116 Å². The molecule has 6 nitrogen and oxygen atoms in total. The molecule has 1 aromatic heterocycles. The molecule has 0 aliphatic carbocycles. The molecule has 0 fully saturated rings. The lowest BCUT2D eigenvalue weighted by atomic mass is 10.1. The van der Waals surface area contributed by atoms with E-state index in [1.165, 1.54) is 6.20 Å². The maximum atomic E-state index is 12.1. The predicted molar refractivity (Wildman–Crippen MR) is 77.2 cm³/mol. The van der Waals surface area contributed by atoms with E-state index in [0.717, 1.165) is 10.8 Å². The molecule has 1 heterocycles. The summed E-state index contributed by atoms with van der Waals surface area (Å²) in [5.41, 5.74) is 6.24. The number of aromatic nitrogens is 1. The summed E-state index contributed by atoms with van der Waals surface area (Å²) in [5.74, 6) is 0.00528. The second kappa shape index (κ2) is 6.01. The molecule has 104 valence electrons. The molecular formula is C14H16N4O2. The molecule has 2 amide bonds. The van der Waals surface area contributed by atoms with Crippen molar-refractivity contribution in [3.63, 3.8) is 0 Å². The van der Waals surface area contributed by atoms with E-state index in [1.807, 2.05) is 24.3 Å². The summed E-state index contributed by atoms with van der Waals surface area (Å²) in [6, 6.07) is 7.32. The van der Waals surface area contributed by atoms with E-state index in [2.05, 4.69) is 15.6 Å². The molecule has 6 heteroatoms. The molecule has 0 saturated heterocycles. The number of carbonyl (C=O) groups excluding carboxylic acids is 2. The Morgan fingerprint density at radius 1 is 1.25 bits per heavy atom. The van der Waals surface area contributed by atoms with Crippen LogP contribution < -0.4 is 16.4 Å². The van der Waals surface area contributed by atoms with Crippen molar-refractivity contribution in [3.05, 3.63) is 36.0 Å². The highest BCUT2D eigenvalue weighted by molar-refractivity contribution is 6.09. The largest absolute Gasteiger partial charge is 0.383 e. The number of pyridine rings is 1. The number of amides is 2. The van der Waals surface area contributed by atoms with Crippen molar-refractivity contribution in [2.45, 2.75) is 6.42 Å². The van der Waals surface area contributed by atoms with Crippen LogP contribution in [0.1, 0.15) is 16.8 Å². The van der Waals surface area contributed by atoms with Crippen molar-refractivity contribution in [1.82, 2.24) is 15.6 Å². The van der Waals surface area contributed by atoms with Gasteiger partial charge in [-0.1, -0.05) is 24.3 Å². The zero-order valence-corrected chi connectivity index (χ0v) is 11.1. The van der Waals surface area contributed by atoms with Gasteiger partial charge in [0, 0.05) is 31.6 Å². The molecule has 0 aliphatic heterocycles. The Bertz CT molecular complexity index is 655. The van der Waals surface area contributed by atoms with Gasteiger partial charge < -0.3 is 16.4 Å². The van der Waals surface area contributed by atoms with Gasteiger partial charge in [-0.05, 0) is 5.39 Å². The lowest BCUT2D eigenvalue weighted by molar-refractivity contribution is -0.120. The first-order valence-corrected chi connectivity index (χ1v) is 6.25. The number of nitrogens with one attached hydrogen (secondary N) is 2. The Hall–Kier alpha value is -2.63. The van der Waals surface area contributed by atoms with Crippen molar-refractivity contribution in [2.24, 2.45) is 0 Å². The fraction of sp³-hybridized carbons (Fsp3) is 0.214. The van der Waals surface area contributed by atoms with Gasteiger partial charge in [-0.2, -0.15) is 0 Å². The van der Waals surface area contributed by atoms with Crippen molar-refractivity contribution in [2.75, 3.05) is 19.3 Å². The summed E-state index contributed by atoms with van der Waals surface area (Å²) < 4.78 is 0. The van der Waals surface area contributed by atoms with Gasteiger partial charge in [0.05, 0.1) is 5.56 Å². The first-order chi connectivity index (χ1) is 9.63. The molecule has 0 radical (unpaired) electrons. The highest BCUT2D eigenvalue weighted by atomic mass is 16.2. The molecule has 0 bridgehead atoms. The van der Waals surface area contributed by atoms with Gasteiger partial charge in [-0.25, -0.2) is 4.98 Å². The quantitative estimate of drug-likeness (QED) is 0.762. The van der Waals surface area contributed by atoms with E-state index < -0.39 is 0 Å². The number of anilines is 1. The fourth-order valence-electron chi connectivity index (χ4n) is 1.91. The first-order valence-electron chi connectivity index (χ1n) is 6.25. The third kappa shape index (κ3) is 2.85. The van der Waals surface area contributed by atoms with E-state index in [4.69, 9.17) is 5.73 Å².